The summed E-state index contributed by atoms with van der Waals surface area (Å²) in [5.41, 5.74) is 3.15. The molecule has 0 spiro atoms. The predicted molar refractivity (Wildman–Crippen MR) is 189 cm³/mol. The molecule has 2 fully saturated rings. The number of anilines is 1. The summed E-state index contributed by atoms with van der Waals surface area (Å²) >= 11 is 1.35. The third-order valence-electron chi connectivity index (χ3n) is 9.65. The average Bonchev–Trinajstić information content (AvgIpc) is 3.61. The van der Waals surface area contributed by atoms with Crippen molar-refractivity contribution in [1.29, 1.82) is 0 Å². The maximum absolute atomic E-state index is 13.7. The lowest BCUT2D eigenvalue weighted by atomic mass is 9.85. The van der Waals surface area contributed by atoms with Gasteiger partial charge in [-0.15, -0.1) is 11.8 Å². The van der Waals surface area contributed by atoms with Crippen LogP contribution < -0.4 is 25.0 Å². The summed E-state index contributed by atoms with van der Waals surface area (Å²) in [5, 5.41) is 25.0. The van der Waals surface area contributed by atoms with E-state index in [1.54, 1.807) is 41.3 Å². The molecular formula is C38H42FN3O8S. The highest BCUT2D eigenvalue weighted by molar-refractivity contribution is 8.00. The Hall–Kier alpha value is -4.62. The number of hydrogen-bond donors (Lipinski definition) is 4. The van der Waals surface area contributed by atoms with Crippen LogP contribution in [0.2, 0.25) is 0 Å². The Bertz CT molecular complexity index is 1720. The number of nitrogens with one attached hydrogen (secondary N) is 2. The van der Waals surface area contributed by atoms with Crippen molar-refractivity contribution >= 4 is 41.1 Å². The molecule has 4 atom stereocenters. The van der Waals surface area contributed by atoms with Gasteiger partial charge in [0.25, 0.3) is 5.91 Å². The first kappa shape index (κ1) is 36.2. The van der Waals surface area contributed by atoms with Crippen molar-refractivity contribution in [3.05, 3.63) is 89.2 Å². The molecule has 51 heavy (non-hydrogen) atoms. The molecule has 1 saturated carbocycles. The Morgan fingerprint density at radius 3 is 2.47 bits per heavy atom. The molecule has 0 aromatic heterocycles. The largest absolute Gasteiger partial charge is 0.493 e. The highest BCUT2D eigenvalue weighted by Gasteiger charge is 2.49. The lowest BCUT2D eigenvalue weighted by Gasteiger charge is -2.47. The van der Waals surface area contributed by atoms with Crippen LogP contribution in [0.1, 0.15) is 67.4 Å². The molecule has 1 aliphatic carbocycles. The number of nitrogens with zero attached hydrogens (tertiary/aromatic N) is 1. The number of halogens is 1. The topological polar surface area (TPSA) is 154 Å². The molecule has 2 heterocycles. The van der Waals surface area contributed by atoms with Crippen LogP contribution in [0.15, 0.2) is 66.7 Å². The standard InChI is InChI=1S/C38H42FN3O8S/c39-27-10-12-28(13-11-27)42-35(36(37(42)46)51-22-31(43)26-7-6-24-16-17-49-32(24)19-26)25-8-14-29(15-9-25)50-21-34(45)40-20-33(44)41-30(38(47)48)18-23-4-2-1-3-5-23/h6-15,19,23,30-31,35-36,43H,1-5,16-18,20-22H2,(H,40,45)(H,41,44)(H,47,48)/t30?,31?,35-,36-/m1/s1. The second kappa shape index (κ2) is 16.6. The van der Waals surface area contributed by atoms with Crippen molar-refractivity contribution in [2.24, 2.45) is 5.92 Å². The van der Waals surface area contributed by atoms with Gasteiger partial charge in [0.15, 0.2) is 6.61 Å². The van der Waals surface area contributed by atoms with Crippen molar-refractivity contribution in [2.75, 3.05) is 30.4 Å². The van der Waals surface area contributed by atoms with Crippen molar-refractivity contribution in [2.45, 2.75) is 68.4 Å². The zero-order valence-corrected chi connectivity index (χ0v) is 28.9. The highest BCUT2D eigenvalue weighted by Crippen LogP contribution is 2.46. The molecule has 11 nitrogen and oxygen atoms in total. The van der Waals surface area contributed by atoms with E-state index in [1.807, 2.05) is 18.2 Å². The van der Waals surface area contributed by atoms with Gasteiger partial charge in [-0.05, 0) is 71.5 Å². The normalized spacial score (nSPS) is 19.6. The number of hydrogen-bond acceptors (Lipinski definition) is 8. The molecule has 3 aliphatic rings. The van der Waals surface area contributed by atoms with Crippen LogP contribution >= 0.6 is 11.8 Å². The minimum Gasteiger partial charge on any atom is -0.493 e. The third-order valence-corrected chi connectivity index (χ3v) is 11.0. The van der Waals surface area contributed by atoms with Crippen LogP contribution in [0.25, 0.3) is 0 Å². The van der Waals surface area contributed by atoms with E-state index in [-0.39, 0.29) is 30.7 Å². The van der Waals surface area contributed by atoms with E-state index in [0.717, 1.165) is 55.4 Å². The highest BCUT2D eigenvalue weighted by atomic mass is 32.2. The van der Waals surface area contributed by atoms with Crippen molar-refractivity contribution in [3.63, 3.8) is 0 Å². The molecule has 4 N–H and O–H groups in total. The fourth-order valence-electron chi connectivity index (χ4n) is 6.88. The van der Waals surface area contributed by atoms with Gasteiger partial charge in [-0.1, -0.05) is 56.4 Å². The lowest BCUT2D eigenvalue weighted by Crippen LogP contribution is -2.57. The summed E-state index contributed by atoms with van der Waals surface area (Å²) in [7, 11) is 0. The Morgan fingerprint density at radius 1 is 1.00 bits per heavy atom. The summed E-state index contributed by atoms with van der Waals surface area (Å²) in [4.78, 5) is 51.6. The predicted octanol–water partition coefficient (Wildman–Crippen LogP) is 4.72. The zero-order valence-electron chi connectivity index (χ0n) is 28.1. The van der Waals surface area contributed by atoms with E-state index in [0.29, 0.717) is 30.0 Å². The maximum atomic E-state index is 13.7. The minimum atomic E-state index is -1.09. The number of β-lactam (4-membered cyclic amide) rings is 1. The van der Waals surface area contributed by atoms with E-state index in [2.05, 4.69) is 10.6 Å². The molecule has 2 unspecified atom stereocenters. The summed E-state index contributed by atoms with van der Waals surface area (Å²) in [6, 6.07) is 16.9. The van der Waals surface area contributed by atoms with E-state index >= 15 is 0 Å². The van der Waals surface area contributed by atoms with Gasteiger partial charge in [-0.2, -0.15) is 0 Å². The number of benzene rings is 3. The number of amides is 3. The molecule has 6 rings (SSSR count). The second-order valence-corrected chi connectivity index (χ2v) is 14.4. The summed E-state index contributed by atoms with van der Waals surface area (Å²) in [6.45, 7) is -0.128. The molecule has 3 aromatic rings. The van der Waals surface area contributed by atoms with Gasteiger partial charge in [0.05, 0.1) is 25.3 Å². The number of ether oxygens (including phenoxy) is 2. The van der Waals surface area contributed by atoms with Gasteiger partial charge < -0.3 is 35.2 Å². The molecule has 270 valence electrons. The van der Waals surface area contributed by atoms with Crippen LogP contribution in [-0.2, 0) is 25.6 Å². The first-order valence-electron chi connectivity index (χ1n) is 17.3. The van der Waals surface area contributed by atoms with Gasteiger partial charge in [0.2, 0.25) is 11.8 Å². The summed E-state index contributed by atoms with van der Waals surface area (Å²) in [5.74, 6) is -1.11. The number of carbonyl (C=O) groups is 4. The number of aliphatic hydroxyl groups excluding tert-OH is 1. The number of carboxylic acids is 1. The van der Waals surface area contributed by atoms with E-state index in [1.165, 1.54) is 23.9 Å². The van der Waals surface area contributed by atoms with E-state index in [4.69, 9.17) is 9.47 Å². The van der Waals surface area contributed by atoms with Gasteiger partial charge in [0.1, 0.15) is 28.6 Å². The number of aliphatic hydroxyl groups is 1. The smallest absolute Gasteiger partial charge is 0.326 e. The molecule has 1 saturated heterocycles. The first-order valence-corrected chi connectivity index (χ1v) is 18.4. The summed E-state index contributed by atoms with van der Waals surface area (Å²) in [6.07, 6.45) is 5.58. The first-order chi connectivity index (χ1) is 24.7. The van der Waals surface area contributed by atoms with Crippen LogP contribution in [0, 0.1) is 11.7 Å². The number of carboxylic acid groups (broad SMARTS) is 1. The van der Waals surface area contributed by atoms with Gasteiger partial charge >= 0.3 is 5.97 Å². The fourth-order valence-corrected chi connectivity index (χ4v) is 8.18. The second-order valence-electron chi connectivity index (χ2n) is 13.2. The maximum Gasteiger partial charge on any atom is 0.326 e. The third kappa shape index (κ3) is 9.01. The number of carbonyl (C=O) groups excluding carboxylic acids is 3. The van der Waals surface area contributed by atoms with Gasteiger partial charge in [-0.3, -0.25) is 14.4 Å². The van der Waals surface area contributed by atoms with Gasteiger partial charge in [-0.25, -0.2) is 9.18 Å². The Balaban J connectivity index is 1.03. The Labute approximate surface area is 299 Å². The molecule has 0 bridgehead atoms. The number of aliphatic carboxylic acids is 1. The lowest BCUT2D eigenvalue weighted by molar-refractivity contribution is -0.142. The van der Waals surface area contributed by atoms with Crippen molar-refractivity contribution < 1.29 is 43.3 Å². The number of rotatable bonds is 15. The molecule has 13 heteroatoms. The zero-order chi connectivity index (χ0) is 35.9. The fraction of sp³-hybridized carbons (Fsp3) is 0.421. The SMILES string of the molecule is O=C(COc1ccc([C@@H]2[C@@H](SCC(O)c3ccc4c(c3)OCC4)C(=O)N2c2ccc(F)cc2)cc1)NCC(=O)NC(CC1CCCCC1)C(=O)O. The van der Waals surface area contributed by atoms with E-state index in [9.17, 15) is 33.8 Å². The molecule has 2 aliphatic heterocycles. The van der Waals surface area contributed by atoms with Crippen LogP contribution in [0.4, 0.5) is 10.1 Å². The molecule has 3 amide bonds. The van der Waals surface area contributed by atoms with Crippen LogP contribution in [0.3, 0.4) is 0 Å². The van der Waals surface area contributed by atoms with Crippen molar-refractivity contribution in [3.8, 4) is 11.5 Å². The number of fused-ring (bicyclic) bond motifs is 1. The van der Waals surface area contributed by atoms with Crippen LogP contribution in [0.5, 0.6) is 11.5 Å². The number of thioether (sulfide) groups is 1. The van der Waals surface area contributed by atoms with Crippen molar-refractivity contribution in [1.82, 2.24) is 10.6 Å². The van der Waals surface area contributed by atoms with Gasteiger partial charge in [0, 0.05) is 17.9 Å². The average molecular weight is 720 g/mol. The van der Waals surface area contributed by atoms with Crippen LogP contribution in [-0.4, -0.2) is 70.7 Å². The summed E-state index contributed by atoms with van der Waals surface area (Å²) < 4.78 is 25.0. The quantitative estimate of drug-likeness (QED) is 0.164. The monoisotopic (exact) mass is 719 g/mol. The molecular weight excluding hydrogens is 677 g/mol. The van der Waals surface area contributed by atoms with E-state index < -0.39 is 47.0 Å². The molecule has 0 radical (unpaired) electrons. The Morgan fingerprint density at radius 2 is 1.75 bits per heavy atom. The molecule has 3 aromatic carbocycles. The minimum absolute atomic E-state index is 0.161. The Kier molecular flexibility index (Phi) is 11.8.